The highest BCUT2D eigenvalue weighted by molar-refractivity contribution is 6.10. The van der Waals surface area contributed by atoms with E-state index < -0.39 is 11.8 Å². The molecule has 0 saturated carbocycles. The van der Waals surface area contributed by atoms with Crippen molar-refractivity contribution < 1.29 is 12.0 Å². The van der Waals surface area contributed by atoms with Crippen LogP contribution < -0.4 is 9.30 Å². The van der Waals surface area contributed by atoms with E-state index in [1.807, 2.05) is 74.0 Å². The van der Waals surface area contributed by atoms with E-state index in [1.54, 1.807) is 18.5 Å². The van der Waals surface area contributed by atoms with Crippen LogP contribution in [0.4, 0.5) is 0 Å². The van der Waals surface area contributed by atoms with Crippen molar-refractivity contribution in [1.29, 1.82) is 0 Å². The van der Waals surface area contributed by atoms with Gasteiger partial charge in [-0.1, -0.05) is 114 Å². The smallest absolute Gasteiger partial charge is 0.269 e. The largest absolute Gasteiger partial charge is 0.456 e. The summed E-state index contributed by atoms with van der Waals surface area (Å²) in [6.07, 6.45) is 7.26. The number of fused-ring (bicyclic) bond motifs is 4. The van der Waals surface area contributed by atoms with Gasteiger partial charge in [-0.25, -0.2) is 4.98 Å². The molecule has 0 bridgehead atoms. The summed E-state index contributed by atoms with van der Waals surface area (Å²) in [5.41, 5.74) is 9.20. The van der Waals surface area contributed by atoms with Crippen molar-refractivity contribution in [2.45, 2.75) is 53.3 Å². The summed E-state index contributed by atoms with van der Waals surface area (Å²) in [5.74, 6) is 1.85. The van der Waals surface area contributed by atoms with Gasteiger partial charge in [0, 0.05) is 32.0 Å². The lowest BCUT2D eigenvalue weighted by molar-refractivity contribution is -0.572. The zero-order valence-electron chi connectivity index (χ0n) is 34.6. The molecule has 0 aliphatic rings. The Hall–Kier alpha value is -6.53. The van der Waals surface area contributed by atoms with E-state index in [2.05, 4.69) is 126 Å². The van der Waals surface area contributed by atoms with Crippen LogP contribution in [0.3, 0.4) is 0 Å². The molecule has 0 aliphatic heterocycles. The Bertz CT molecular complexity index is 2990. The van der Waals surface area contributed by atoms with Gasteiger partial charge in [-0.05, 0) is 94.1 Å². The van der Waals surface area contributed by atoms with E-state index in [-0.39, 0.29) is 5.41 Å². The molecular weight excluding hydrogens is 687 g/mol. The summed E-state index contributed by atoms with van der Waals surface area (Å²) in [7, 11) is 0. The molecule has 0 spiro atoms. The van der Waals surface area contributed by atoms with Gasteiger partial charge < -0.3 is 4.74 Å². The van der Waals surface area contributed by atoms with Crippen molar-refractivity contribution in [1.82, 2.24) is 19.1 Å². The normalized spacial score (nSPS) is 13.0. The monoisotopic (exact) mass is 733 g/mol. The first kappa shape index (κ1) is 32.9. The molecule has 0 atom stereocenters. The van der Waals surface area contributed by atoms with Gasteiger partial charge in [0.1, 0.15) is 17.3 Å². The Morgan fingerprint density at radius 1 is 0.679 bits per heavy atom. The van der Waals surface area contributed by atoms with Crippen LogP contribution in [-0.4, -0.2) is 19.1 Å². The molecule has 0 unspecified atom stereocenters. The third-order valence-electron chi connectivity index (χ3n) is 10.1. The molecule has 9 rings (SSSR count). The predicted molar refractivity (Wildman–Crippen MR) is 227 cm³/mol. The summed E-state index contributed by atoms with van der Waals surface area (Å²) in [6.45, 7) is 12.4. The average molecular weight is 734 g/mol. The minimum atomic E-state index is -1.59. The van der Waals surface area contributed by atoms with Gasteiger partial charge in [-0.3, -0.25) is 18.7 Å². The summed E-state index contributed by atoms with van der Waals surface area (Å²) in [5, 5.41) is 2.10. The quantitative estimate of drug-likeness (QED) is 0.121. The van der Waals surface area contributed by atoms with Crippen LogP contribution in [0.1, 0.15) is 55.4 Å². The van der Waals surface area contributed by atoms with Gasteiger partial charge in [0.25, 0.3) is 6.33 Å². The molecule has 4 heterocycles. The summed E-state index contributed by atoms with van der Waals surface area (Å²) in [4.78, 5) is 9.44. The third kappa shape index (κ3) is 6.72. The molecule has 0 fully saturated rings. The lowest BCUT2D eigenvalue weighted by Gasteiger charge is -2.20. The van der Waals surface area contributed by atoms with Gasteiger partial charge in [0.2, 0.25) is 0 Å². The Morgan fingerprint density at radius 3 is 2.32 bits per heavy atom. The van der Waals surface area contributed by atoms with Crippen LogP contribution in [0.2, 0.25) is 0 Å². The fourth-order valence-electron chi connectivity index (χ4n) is 7.45. The Balaban J connectivity index is 1.14. The average Bonchev–Trinajstić information content (AvgIpc) is 3.76. The molecule has 4 aromatic heterocycles. The van der Waals surface area contributed by atoms with Gasteiger partial charge >= 0.3 is 0 Å². The van der Waals surface area contributed by atoms with Crippen molar-refractivity contribution in [3.05, 3.63) is 170 Å². The molecule has 0 N–H and O–H groups in total. The van der Waals surface area contributed by atoms with Gasteiger partial charge in [-0.15, -0.1) is 0 Å². The summed E-state index contributed by atoms with van der Waals surface area (Å²) < 4.78 is 30.9. The van der Waals surface area contributed by atoms with Crippen molar-refractivity contribution in [3.8, 4) is 39.8 Å². The van der Waals surface area contributed by atoms with Crippen molar-refractivity contribution >= 4 is 32.8 Å². The van der Waals surface area contributed by atoms with Crippen molar-refractivity contribution in [2.24, 2.45) is 5.41 Å². The molecule has 9 aromatic rings. The van der Waals surface area contributed by atoms with Crippen molar-refractivity contribution in [3.63, 3.8) is 0 Å². The van der Waals surface area contributed by atoms with Crippen molar-refractivity contribution in [2.75, 3.05) is 0 Å². The fraction of sp³-hybridized carbons (Fsp3) is 0.180. The number of nitrogens with zero attached hydrogens (tertiary/aromatic N) is 5. The number of para-hydroxylation sites is 2. The molecule has 276 valence electrons. The van der Waals surface area contributed by atoms with E-state index >= 15 is 0 Å². The maximum atomic E-state index is 9.05. The lowest BCUT2D eigenvalue weighted by Crippen LogP contribution is -2.30. The highest BCUT2D eigenvalue weighted by Crippen LogP contribution is 2.38. The summed E-state index contributed by atoms with van der Waals surface area (Å²) >= 11 is 0. The topological polar surface area (TPSA) is 48.8 Å². The highest BCUT2D eigenvalue weighted by atomic mass is 16.5. The molecule has 6 nitrogen and oxygen atoms in total. The van der Waals surface area contributed by atoms with Crippen LogP contribution in [0.5, 0.6) is 11.5 Å². The van der Waals surface area contributed by atoms with E-state index in [1.165, 1.54) is 5.56 Å². The van der Waals surface area contributed by atoms with Gasteiger partial charge in [0.05, 0.1) is 39.6 Å². The number of hydrogen-bond acceptors (Lipinski definition) is 3. The molecule has 6 heteroatoms. The van der Waals surface area contributed by atoms with Crippen LogP contribution in [0.15, 0.2) is 152 Å². The molecule has 0 saturated heterocycles. The SMILES string of the molecule is [2H]C([2H])(c1ccnc(-n2c3ccc(-c4ccccc4)cc3c3ccc(Oc4cncc(-n5[c-][n+](-c6cccc(C(C)(C)C)c6)c6ccccc65)c4)cc32)c1)C(C)(C)C. The summed E-state index contributed by atoms with van der Waals surface area (Å²) in [6, 6.07) is 45.5. The number of imidazole rings is 1. The lowest BCUT2D eigenvalue weighted by atomic mass is 9.87. The molecular formula is C50H45N5O. The minimum absolute atomic E-state index is 0.00954. The number of benzene rings is 5. The first-order chi connectivity index (χ1) is 27.8. The molecule has 5 aromatic carbocycles. The second kappa shape index (κ2) is 13.6. The first-order valence-corrected chi connectivity index (χ1v) is 19.1. The van der Waals surface area contributed by atoms with Crippen LogP contribution in [0.25, 0.3) is 61.2 Å². The maximum Gasteiger partial charge on any atom is 0.269 e. The van der Waals surface area contributed by atoms with E-state index in [0.717, 1.165) is 55.3 Å². The number of rotatable bonds is 7. The molecule has 0 aliphatic carbocycles. The number of hydrogen-bond donors (Lipinski definition) is 0. The Morgan fingerprint density at radius 2 is 1.50 bits per heavy atom. The van der Waals surface area contributed by atoms with E-state index in [4.69, 9.17) is 12.5 Å². The van der Waals surface area contributed by atoms with E-state index in [9.17, 15) is 0 Å². The number of ether oxygens (including phenoxy) is 1. The zero-order chi connectivity index (χ0) is 40.4. The predicted octanol–water partition coefficient (Wildman–Crippen LogP) is 11.9. The van der Waals surface area contributed by atoms with E-state index in [0.29, 0.717) is 22.9 Å². The standard InChI is InChI=1S/C50H45N5O/c1-49(2,3)30-34-23-24-52-48(25-34)55-44-22-19-36(35-13-8-7-9-14-35)26-43(44)42-21-20-40(29-47(42)55)56-41-28-39(31-51-32-41)54-33-53(45-17-10-11-18-46(45)54)38-16-12-15-37(27-38)50(4,5)6/h7-29,31-32H,30H2,1-6H3/i30D2. The first-order valence-electron chi connectivity index (χ1n) is 20.1. The fourth-order valence-corrected chi connectivity index (χ4v) is 7.45. The zero-order valence-corrected chi connectivity index (χ0v) is 32.6. The van der Waals surface area contributed by atoms with Crippen LogP contribution >= 0.6 is 0 Å². The Labute approximate surface area is 331 Å². The molecule has 0 radical (unpaired) electrons. The second-order valence-electron chi connectivity index (χ2n) is 16.4. The third-order valence-corrected chi connectivity index (χ3v) is 10.1. The molecule has 56 heavy (non-hydrogen) atoms. The minimum Gasteiger partial charge on any atom is -0.456 e. The number of pyridine rings is 2. The highest BCUT2D eigenvalue weighted by Gasteiger charge is 2.19. The molecule has 0 amide bonds. The van der Waals surface area contributed by atoms with Crippen LogP contribution in [-0.2, 0) is 11.8 Å². The van der Waals surface area contributed by atoms with Gasteiger partial charge in [0.15, 0.2) is 0 Å². The number of aromatic nitrogens is 5. The Kier molecular flexibility index (Phi) is 8.01. The van der Waals surface area contributed by atoms with Crippen LogP contribution in [0, 0.1) is 11.7 Å². The van der Waals surface area contributed by atoms with Gasteiger partial charge in [-0.2, -0.15) is 0 Å². The maximum absolute atomic E-state index is 9.05. The second-order valence-corrected chi connectivity index (χ2v) is 16.4.